The lowest BCUT2D eigenvalue weighted by atomic mass is 10.1. The number of nitrogens with zero attached hydrogens (tertiary/aromatic N) is 4. The highest BCUT2D eigenvalue weighted by molar-refractivity contribution is 6.07. The number of nitriles is 1. The summed E-state index contributed by atoms with van der Waals surface area (Å²) in [7, 11) is 1.44. The molecule has 34 heavy (non-hydrogen) atoms. The van der Waals surface area contributed by atoms with Crippen LogP contribution in [0, 0.1) is 23.0 Å². The minimum absolute atomic E-state index is 0.205. The van der Waals surface area contributed by atoms with Crippen molar-refractivity contribution in [1.82, 2.24) is 9.88 Å². The van der Waals surface area contributed by atoms with Crippen LogP contribution >= 0.6 is 0 Å². The molecule has 1 fully saturated rings. The third kappa shape index (κ3) is 4.97. The maximum absolute atomic E-state index is 14.0. The Kier molecular flexibility index (Phi) is 6.99. The Hall–Kier alpha value is -4.03. The van der Waals surface area contributed by atoms with Gasteiger partial charge in [0.1, 0.15) is 5.56 Å². The second-order valence-corrected chi connectivity index (χ2v) is 7.83. The summed E-state index contributed by atoms with van der Waals surface area (Å²) in [6.07, 6.45) is 1.53. The van der Waals surface area contributed by atoms with E-state index in [0.717, 1.165) is 11.8 Å². The molecular weight excluding hydrogens is 440 g/mol. The van der Waals surface area contributed by atoms with Crippen LogP contribution in [0.15, 0.2) is 54.7 Å². The molecule has 0 aliphatic carbocycles. The van der Waals surface area contributed by atoms with Crippen LogP contribution in [0.1, 0.15) is 21.5 Å². The van der Waals surface area contributed by atoms with Gasteiger partial charge in [-0.25, -0.2) is 13.8 Å². The highest BCUT2D eigenvalue weighted by Crippen LogP contribution is 2.30. The molecule has 2 aromatic carbocycles. The van der Waals surface area contributed by atoms with Crippen molar-refractivity contribution in [1.29, 1.82) is 5.26 Å². The van der Waals surface area contributed by atoms with E-state index < -0.39 is 17.5 Å². The van der Waals surface area contributed by atoms with E-state index in [1.165, 1.54) is 19.4 Å². The van der Waals surface area contributed by atoms with Gasteiger partial charge in [-0.3, -0.25) is 9.69 Å². The molecule has 7 nitrogen and oxygen atoms in total. The topological polar surface area (TPSA) is 81.5 Å². The lowest BCUT2D eigenvalue weighted by Crippen LogP contribution is -2.46. The highest BCUT2D eigenvalue weighted by Gasteiger charge is 2.22. The Morgan fingerprint density at radius 2 is 1.94 bits per heavy atom. The van der Waals surface area contributed by atoms with Crippen molar-refractivity contribution in [3.8, 4) is 11.9 Å². The van der Waals surface area contributed by atoms with E-state index in [1.54, 1.807) is 36.4 Å². The van der Waals surface area contributed by atoms with Crippen molar-refractivity contribution in [2.24, 2.45) is 0 Å². The molecule has 2 heterocycles. The largest absolute Gasteiger partial charge is 0.480 e. The number of amides is 1. The van der Waals surface area contributed by atoms with Gasteiger partial charge in [0.25, 0.3) is 5.91 Å². The average Bonchev–Trinajstić information content (AvgIpc) is 2.87. The Balaban J connectivity index is 1.50. The molecule has 0 spiro atoms. The van der Waals surface area contributed by atoms with Crippen LogP contribution < -0.4 is 15.0 Å². The Bertz CT molecular complexity index is 1240. The minimum Gasteiger partial charge on any atom is -0.480 e. The Morgan fingerprint density at radius 1 is 1.15 bits per heavy atom. The molecule has 1 aliphatic heterocycles. The number of hydrogen-bond donors (Lipinski definition) is 1. The molecule has 0 atom stereocenters. The summed E-state index contributed by atoms with van der Waals surface area (Å²) in [5.74, 6) is -1.86. The maximum atomic E-state index is 14.0. The first-order valence-electron chi connectivity index (χ1n) is 10.7. The number of benzene rings is 2. The summed E-state index contributed by atoms with van der Waals surface area (Å²) in [4.78, 5) is 21.1. The van der Waals surface area contributed by atoms with Gasteiger partial charge in [-0.1, -0.05) is 12.1 Å². The first kappa shape index (κ1) is 23.1. The zero-order valence-corrected chi connectivity index (χ0v) is 18.6. The van der Waals surface area contributed by atoms with E-state index in [9.17, 15) is 18.8 Å². The molecule has 3 aromatic rings. The van der Waals surface area contributed by atoms with Crippen LogP contribution in [0.4, 0.5) is 20.2 Å². The first-order valence-corrected chi connectivity index (χ1v) is 10.7. The number of nitrogens with one attached hydrogen (secondary N) is 1. The van der Waals surface area contributed by atoms with Crippen molar-refractivity contribution >= 4 is 17.3 Å². The predicted molar refractivity (Wildman–Crippen MR) is 124 cm³/mol. The molecule has 1 aliphatic rings. The molecule has 9 heteroatoms. The van der Waals surface area contributed by atoms with Gasteiger partial charge in [0.05, 0.1) is 30.1 Å². The number of pyridine rings is 1. The molecule has 1 amide bonds. The Morgan fingerprint density at radius 3 is 2.68 bits per heavy atom. The van der Waals surface area contributed by atoms with Crippen molar-refractivity contribution in [2.45, 2.75) is 6.54 Å². The van der Waals surface area contributed by atoms with Crippen LogP contribution in [0.25, 0.3) is 0 Å². The fourth-order valence-corrected chi connectivity index (χ4v) is 3.96. The number of halogens is 2. The van der Waals surface area contributed by atoms with Gasteiger partial charge in [0.15, 0.2) is 11.6 Å². The van der Waals surface area contributed by atoms with Gasteiger partial charge < -0.3 is 15.0 Å². The molecule has 174 valence electrons. The molecule has 0 unspecified atom stereocenters. The van der Waals surface area contributed by atoms with Gasteiger partial charge in [0, 0.05) is 44.5 Å². The fraction of sp³-hybridized carbons (Fsp3) is 0.240. The molecule has 0 radical (unpaired) electrons. The van der Waals surface area contributed by atoms with Crippen LogP contribution in [-0.4, -0.2) is 49.1 Å². The van der Waals surface area contributed by atoms with Gasteiger partial charge >= 0.3 is 0 Å². The summed E-state index contributed by atoms with van der Waals surface area (Å²) in [6, 6.07) is 14.7. The van der Waals surface area contributed by atoms with Crippen molar-refractivity contribution in [3.05, 3.63) is 83.1 Å². The van der Waals surface area contributed by atoms with E-state index in [1.807, 2.05) is 0 Å². The van der Waals surface area contributed by atoms with E-state index >= 15 is 0 Å². The smallest absolute Gasteiger partial charge is 0.261 e. The number of ether oxygens (including phenoxy) is 1. The van der Waals surface area contributed by atoms with Crippen molar-refractivity contribution in [2.75, 3.05) is 43.5 Å². The van der Waals surface area contributed by atoms with Gasteiger partial charge in [-0.15, -0.1) is 0 Å². The second-order valence-electron chi connectivity index (χ2n) is 7.83. The number of hydrogen-bond acceptors (Lipinski definition) is 6. The standard InChI is InChI=1S/C25H23F2N5O2/c1-34-25-19(5-3-9-29-25)24(33)30-21-14-17(15-28)7-8-22(21)32-12-10-31(11-13-32)16-18-4-2-6-20(26)23(18)27/h2-9,14H,10-13,16H2,1H3,(H,30,33). The summed E-state index contributed by atoms with van der Waals surface area (Å²) >= 11 is 0. The number of rotatable bonds is 6. The van der Waals surface area contributed by atoms with Gasteiger partial charge in [-0.05, 0) is 36.4 Å². The van der Waals surface area contributed by atoms with Crippen molar-refractivity contribution < 1.29 is 18.3 Å². The zero-order valence-electron chi connectivity index (χ0n) is 18.6. The lowest BCUT2D eigenvalue weighted by molar-refractivity contribution is 0.102. The second kappa shape index (κ2) is 10.3. The number of methoxy groups -OCH3 is 1. The van der Waals surface area contributed by atoms with E-state index in [2.05, 4.69) is 26.2 Å². The maximum Gasteiger partial charge on any atom is 0.261 e. The quantitative estimate of drug-likeness (QED) is 0.599. The molecule has 0 bridgehead atoms. The zero-order chi connectivity index (χ0) is 24.1. The SMILES string of the molecule is COc1ncccc1C(=O)Nc1cc(C#N)ccc1N1CCN(Cc2cccc(F)c2F)CC1. The van der Waals surface area contributed by atoms with Gasteiger partial charge in [0.2, 0.25) is 5.88 Å². The molecule has 1 saturated heterocycles. The molecule has 4 rings (SSSR count). The monoisotopic (exact) mass is 463 g/mol. The first-order chi connectivity index (χ1) is 16.5. The summed E-state index contributed by atoms with van der Waals surface area (Å²) in [6.45, 7) is 2.79. The summed E-state index contributed by atoms with van der Waals surface area (Å²) < 4.78 is 32.8. The minimum atomic E-state index is -0.848. The summed E-state index contributed by atoms with van der Waals surface area (Å²) in [5.41, 5.74) is 2.29. The van der Waals surface area contributed by atoms with E-state index in [-0.39, 0.29) is 11.4 Å². The normalized spacial score (nSPS) is 13.9. The highest BCUT2D eigenvalue weighted by atomic mass is 19.2. The molecular formula is C25H23F2N5O2. The molecule has 1 aromatic heterocycles. The van der Waals surface area contributed by atoms with Crippen molar-refractivity contribution in [3.63, 3.8) is 0 Å². The predicted octanol–water partition coefficient (Wildman–Crippen LogP) is 3.81. The number of piperazine rings is 1. The third-order valence-corrected chi connectivity index (χ3v) is 5.72. The fourth-order valence-electron chi connectivity index (χ4n) is 3.96. The number of carbonyl (C=O) groups is 1. The van der Waals surface area contributed by atoms with Crippen LogP contribution in [0.5, 0.6) is 5.88 Å². The number of anilines is 2. The van der Waals surface area contributed by atoms with Gasteiger partial charge in [-0.2, -0.15) is 5.26 Å². The van der Waals surface area contributed by atoms with Crippen LogP contribution in [0.3, 0.4) is 0 Å². The lowest BCUT2D eigenvalue weighted by Gasteiger charge is -2.37. The molecule has 0 saturated carbocycles. The van der Waals surface area contributed by atoms with Crippen LogP contribution in [-0.2, 0) is 6.54 Å². The molecule has 1 N–H and O–H groups in total. The average molecular weight is 463 g/mol. The van der Waals surface area contributed by atoms with E-state index in [0.29, 0.717) is 49.5 Å². The van der Waals surface area contributed by atoms with E-state index in [4.69, 9.17) is 4.74 Å². The van der Waals surface area contributed by atoms with Crippen LogP contribution in [0.2, 0.25) is 0 Å². The number of carbonyl (C=O) groups excluding carboxylic acids is 1. The summed E-state index contributed by atoms with van der Waals surface area (Å²) in [5, 5.41) is 12.2. The Labute approximate surface area is 196 Å². The number of aromatic nitrogens is 1. The third-order valence-electron chi connectivity index (χ3n) is 5.72.